The van der Waals surface area contributed by atoms with Crippen LogP contribution in [0, 0.1) is 3.57 Å². The first-order chi connectivity index (χ1) is 4.74. The predicted molar refractivity (Wildman–Crippen MR) is 47.9 cm³/mol. The van der Waals surface area contributed by atoms with Gasteiger partial charge in [0.25, 0.3) is 0 Å². The Morgan fingerprint density at radius 1 is 1.70 bits per heavy atom. The van der Waals surface area contributed by atoms with Crippen molar-refractivity contribution in [3.05, 3.63) is 26.5 Å². The van der Waals surface area contributed by atoms with E-state index in [0.29, 0.717) is 5.15 Å². The summed E-state index contributed by atoms with van der Waals surface area (Å²) < 4.78 is 0.866. The lowest BCUT2D eigenvalue weighted by atomic mass is 10.3. The summed E-state index contributed by atoms with van der Waals surface area (Å²) in [6.07, 6.45) is 1.56. The van der Waals surface area contributed by atoms with Crippen LogP contribution in [0.2, 0.25) is 5.15 Å². The zero-order valence-corrected chi connectivity index (χ0v) is 7.93. The summed E-state index contributed by atoms with van der Waals surface area (Å²) in [5.74, 6) is 0. The van der Waals surface area contributed by atoms with E-state index >= 15 is 0 Å². The molecule has 0 aliphatic rings. The maximum Gasteiger partial charge on any atom is 0.142 e. The van der Waals surface area contributed by atoms with Gasteiger partial charge in [-0.1, -0.05) is 11.6 Å². The largest absolute Gasteiger partial charge is 0.392 e. The Hall–Kier alpha value is 0.130. The lowest BCUT2D eigenvalue weighted by molar-refractivity contribution is 0.281. The summed E-state index contributed by atoms with van der Waals surface area (Å²) in [6.45, 7) is 0.0141. The SMILES string of the molecule is OCc1cnc(Cl)c(I)c1. The Labute approximate surface area is 77.4 Å². The van der Waals surface area contributed by atoms with Crippen LogP contribution in [0.1, 0.15) is 5.56 Å². The fraction of sp³-hybridized carbons (Fsp3) is 0.167. The molecule has 2 nitrogen and oxygen atoms in total. The highest BCUT2D eigenvalue weighted by Gasteiger charge is 1.97. The molecule has 0 spiro atoms. The van der Waals surface area contributed by atoms with Crippen LogP contribution < -0.4 is 0 Å². The van der Waals surface area contributed by atoms with Gasteiger partial charge in [0.2, 0.25) is 0 Å². The van der Waals surface area contributed by atoms with E-state index in [4.69, 9.17) is 16.7 Å². The van der Waals surface area contributed by atoms with Crippen molar-refractivity contribution in [2.75, 3.05) is 0 Å². The third-order valence-electron chi connectivity index (χ3n) is 1.04. The number of aromatic nitrogens is 1. The Balaban J connectivity index is 3.04. The van der Waals surface area contributed by atoms with Crippen LogP contribution in [-0.2, 0) is 6.61 Å². The summed E-state index contributed by atoms with van der Waals surface area (Å²) in [5, 5.41) is 9.15. The summed E-state index contributed by atoms with van der Waals surface area (Å²) in [4.78, 5) is 3.85. The molecule has 10 heavy (non-hydrogen) atoms. The Morgan fingerprint density at radius 2 is 2.40 bits per heavy atom. The molecular weight excluding hydrogens is 264 g/mol. The van der Waals surface area contributed by atoms with Crippen molar-refractivity contribution in [3.8, 4) is 0 Å². The standard InChI is InChI=1S/C6H5ClINO/c7-6-5(8)1-4(3-10)2-9-6/h1-2,10H,3H2. The van der Waals surface area contributed by atoms with E-state index < -0.39 is 0 Å². The molecule has 1 N–H and O–H groups in total. The van der Waals surface area contributed by atoms with E-state index in [2.05, 4.69) is 27.6 Å². The zero-order valence-electron chi connectivity index (χ0n) is 5.01. The van der Waals surface area contributed by atoms with Gasteiger partial charge in [-0.25, -0.2) is 4.98 Å². The van der Waals surface area contributed by atoms with E-state index in [1.165, 1.54) is 0 Å². The van der Waals surface area contributed by atoms with Crippen LogP contribution in [0.25, 0.3) is 0 Å². The molecule has 0 radical (unpaired) electrons. The molecule has 0 fully saturated rings. The van der Waals surface area contributed by atoms with Gasteiger partial charge in [-0.05, 0) is 34.2 Å². The van der Waals surface area contributed by atoms with Crippen molar-refractivity contribution in [1.82, 2.24) is 4.98 Å². The van der Waals surface area contributed by atoms with Crippen LogP contribution in [0.4, 0.5) is 0 Å². The molecule has 1 aromatic heterocycles. The van der Waals surface area contributed by atoms with Crippen LogP contribution in [0.5, 0.6) is 0 Å². The third-order valence-corrected chi connectivity index (χ3v) is 2.48. The highest BCUT2D eigenvalue weighted by Crippen LogP contribution is 2.15. The van der Waals surface area contributed by atoms with E-state index in [1.807, 2.05) is 0 Å². The van der Waals surface area contributed by atoms with Crippen molar-refractivity contribution >= 4 is 34.2 Å². The molecule has 1 heterocycles. The summed E-state index contributed by atoms with van der Waals surface area (Å²) >= 11 is 7.71. The fourth-order valence-corrected chi connectivity index (χ4v) is 1.19. The molecule has 4 heteroatoms. The van der Waals surface area contributed by atoms with Gasteiger partial charge in [0, 0.05) is 6.20 Å². The van der Waals surface area contributed by atoms with Gasteiger partial charge in [-0.2, -0.15) is 0 Å². The Bertz CT molecular complexity index is 241. The zero-order chi connectivity index (χ0) is 7.56. The summed E-state index contributed by atoms with van der Waals surface area (Å²) in [6, 6.07) is 1.80. The van der Waals surface area contributed by atoms with Crippen molar-refractivity contribution < 1.29 is 5.11 Å². The average molecular weight is 269 g/mol. The molecule has 0 amide bonds. The van der Waals surface area contributed by atoms with Crippen molar-refractivity contribution in [2.45, 2.75) is 6.61 Å². The second kappa shape index (κ2) is 3.50. The van der Waals surface area contributed by atoms with Crippen LogP contribution >= 0.6 is 34.2 Å². The van der Waals surface area contributed by atoms with Gasteiger partial charge in [0.15, 0.2) is 0 Å². The molecule has 0 saturated heterocycles. The maximum absolute atomic E-state index is 8.67. The number of pyridine rings is 1. The minimum atomic E-state index is 0.0141. The van der Waals surface area contributed by atoms with E-state index in [-0.39, 0.29) is 6.61 Å². The molecule has 0 aromatic carbocycles. The Kier molecular flexibility index (Phi) is 2.88. The average Bonchev–Trinajstić information content (AvgIpc) is 1.95. The fourth-order valence-electron chi connectivity index (χ4n) is 0.547. The second-order valence-corrected chi connectivity index (χ2v) is 3.29. The van der Waals surface area contributed by atoms with Gasteiger partial charge >= 0.3 is 0 Å². The highest BCUT2D eigenvalue weighted by atomic mass is 127. The molecule has 0 aliphatic carbocycles. The maximum atomic E-state index is 8.67. The molecule has 0 aliphatic heterocycles. The molecule has 0 bridgehead atoms. The lowest BCUT2D eigenvalue weighted by Crippen LogP contribution is -1.87. The highest BCUT2D eigenvalue weighted by molar-refractivity contribution is 14.1. The monoisotopic (exact) mass is 269 g/mol. The quantitative estimate of drug-likeness (QED) is 0.623. The first kappa shape index (κ1) is 8.23. The van der Waals surface area contributed by atoms with Crippen LogP contribution in [0.15, 0.2) is 12.3 Å². The minimum absolute atomic E-state index is 0.0141. The smallest absolute Gasteiger partial charge is 0.142 e. The van der Waals surface area contributed by atoms with E-state index in [9.17, 15) is 0 Å². The summed E-state index contributed by atoms with van der Waals surface area (Å²) in [5.41, 5.74) is 0.786. The van der Waals surface area contributed by atoms with Crippen LogP contribution in [-0.4, -0.2) is 10.1 Å². The molecule has 1 aromatic rings. The third kappa shape index (κ3) is 1.81. The number of aliphatic hydroxyl groups is 1. The number of nitrogens with zero attached hydrogens (tertiary/aromatic N) is 1. The summed E-state index contributed by atoms with van der Waals surface area (Å²) in [7, 11) is 0. The molecule has 0 unspecified atom stereocenters. The number of hydrogen-bond acceptors (Lipinski definition) is 2. The molecule has 1 rings (SSSR count). The topological polar surface area (TPSA) is 33.1 Å². The minimum Gasteiger partial charge on any atom is -0.392 e. The first-order valence-electron chi connectivity index (χ1n) is 2.65. The van der Waals surface area contributed by atoms with Crippen LogP contribution in [0.3, 0.4) is 0 Å². The molecular formula is C6H5ClINO. The van der Waals surface area contributed by atoms with Gasteiger partial charge in [0.05, 0.1) is 10.2 Å². The van der Waals surface area contributed by atoms with Gasteiger partial charge in [0.1, 0.15) is 5.15 Å². The van der Waals surface area contributed by atoms with Crippen molar-refractivity contribution in [1.29, 1.82) is 0 Å². The van der Waals surface area contributed by atoms with Gasteiger partial charge in [-0.15, -0.1) is 0 Å². The second-order valence-electron chi connectivity index (χ2n) is 1.77. The number of aliphatic hydroxyl groups excluding tert-OH is 1. The van der Waals surface area contributed by atoms with E-state index in [1.54, 1.807) is 12.3 Å². The molecule has 54 valence electrons. The molecule has 0 saturated carbocycles. The number of rotatable bonds is 1. The van der Waals surface area contributed by atoms with Gasteiger partial charge < -0.3 is 5.11 Å². The first-order valence-corrected chi connectivity index (χ1v) is 4.10. The number of halogens is 2. The number of hydrogen-bond donors (Lipinski definition) is 1. The predicted octanol–water partition coefficient (Wildman–Crippen LogP) is 1.83. The van der Waals surface area contributed by atoms with Gasteiger partial charge in [-0.3, -0.25) is 0 Å². The Morgan fingerprint density at radius 3 is 2.90 bits per heavy atom. The van der Waals surface area contributed by atoms with E-state index in [0.717, 1.165) is 9.13 Å². The lowest BCUT2D eigenvalue weighted by Gasteiger charge is -1.96. The molecule has 0 atom stereocenters. The van der Waals surface area contributed by atoms with Crippen molar-refractivity contribution in [3.63, 3.8) is 0 Å². The van der Waals surface area contributed by atoms with Crippen molar-refractivity contribution in [2.24, 2.45) is 0 Å². The normalized spacial score (nSPS) is 9.90.